The van der Waals surface area contributed by atoms with E-state index in [2.05, 4.69) is 10.6 Å². The molecule has 0 saturated carbocycles. The minimum atomic E-state index is -0.381. The number of carbonyl (C=O) groups is 1. The average Bonchev–Trinajstić information content (AvgIpc) is 2.54. The van der Waals surface area contributed by atoms with Crippen molar-refractivity contribution in [3.05, 3.63) is 53.1 Å². The zero-order valence-corrected chi connectivity index (χ0v) is 14.1. The fraction of sp³-hybridized carbons (Fsp3) is 0.125. The van der Waals surface area contributed by atoms with E-state index in [0.29, 0.717) is 27.8 Å². The van der Waals surface area contributed by atoms with Crippen LogP contribution in [0.1, 0.15) is 10.4 Å². The van der Waals surface area contributed by atoms with Gasteiger partial charge in [-0.1, -0.05) is 23.7 Å². The van der Waals surface area contributed by atoms with Crippen LogP contribution in [0.25, 0.3) is 0 Å². The third-order valence-electron chi connectivity index (χ3n) is 2.99. The SMILES string of the molecule is COc1ccc(NC(=S)NC(=O)c2ccccc2Cl)cc1OC. The molecule has 0 radical (unpaired) electrons. The molecule has 0 aliphatic carbocycles. The second-order valence-electron chi connectivity index (χ2n) is 4.46. The van der Waals surface area contributed by atoms with Crippen LogP contribution in [0.2, 0.25) is 5.02 Å². The van der Waals surface area contributed by atoms with E-state index in [9.17, 15) is 4.79 Å². The van der Waals surface area contributed by atoms with Crippen LogP contribution >= 0.6 is 23.8 Å². The Kier molecular flexibility index (Phi) is 5.78. The van der Waals surface area contributed by atoms with Gasteiger partial charge in [0.05, 0.1) is 24.8 Å². The Labute approximate surface area is 144 Å². The highest BCUT2D eigenvalue weighted by molar-refractivity contribution is 7.80. The zero-order valence-electron chi connectivity index (χ0n) is 12.6. The van der Waals surface area contributed by atoms with Gasteiger partial charge in [-0.15, -0.1) is 0 Å². The van der Waals surface area contributed by atoms with Gasteiger partial charge in [0.1, 0.15) is 0 Å². The van der Waals surface area contributed by atoms with Crippen molar-refractivity contribution in [1.82, 2.24) is 5.32 Å². The van der Waals surface area contributed by atoms with Crippen molar-refractivity contribution in [3.8, 4) is 11.5 Å². The van der Waals surface area contributed by atoms with Gasteiger partial charge in [-0.3, -0.25) is 10.1 Å². The minimum Gasteiger partial charge on any atom is -0.493 e. The maximum absolute atomic E-state index is 12.1. The fourth-order valence-corrected chi connectivity index (χ4v) is 2.32. The minimum absolute atomic E-state index is 0.155. The van der Waals surface area contributed by atoms with Crippen molar-refractivity contribution in [3.63, 3.8) is 0 Å². The maximum Gasteiger partial charge on any atom is 0.258 e. The highest BCUT2D eigenvalue weighted by Gasteiger charge is 2.12. The number of amides is 1. The number of halogens is 1. The van der Waals surface area contributed by atoms with Gasteiger partial charge in [0.15, 0.2) is 16.6 Å². The molecule has 7 heteroatoms. The molecule has 0 fully saturated rings. The molecule has 0 heterocycles. The summed E-state index contributed by atoms with van der Waals surface area (Å²) >= 11 is 11.1. The second-order valence-corrected chi connectivity index (χ2v) is 5.27. The molecule has 0 saturated heterocycles. The van der Waals surface area contributed by atoms with Crippen LogP contribution in [0.4, 0.5) is 5.69 Å². The molecular formula is C16H15ClN2O3S. The van der Waals surface area contributed by atoms with Gasteiger partial charge in [-0.2, -0.15) is 0 Å². The molecule has 2 aromatic rings. The molecule has 2 aromatic carbocycles. The van der Waals surface area contributed by atoms with E-state index in [1.807, 2.05) is 0 Å². The smallest absolute Gasteiger partial charge is 0.258 e. The molecule has 120 valence electrons. The molecule has 0 aromatic heterocycles. The molecule has 23 heavy (non-hydrogen) atoms. The quantitative estimate of drug-likeness (QED) is 0.827. The standard InChI is InChI=1S/C16H15ClN2O3S/c1-21-13-8-7-10(9-14(13)22-2)18-16(23)19-15(20)11-5-3-4-6-12(11)17/h3-9H,1-2H3,(H2,18,19,20,23). The van der Waals surface area contributed by atoms with Crippen molar-refractivity contribution >= 4 is 40.5 Å². The Hall–Kier alpha value is -2.31. The number of ether oxygens (including phenoxy) is 2. The van der Waals surface area contributed by atoms with E-state index in [4.69, 9.17) is 33.3 Å². The molecule has 0 atom stereocenters. The van der Waals surface area contributed by atoms with Gasteiger partial charge in [-0.05, 0) is 36.5 Å². The van der Waals surface area contributed by atoms with Gasteiger partial charge in [0.2, 0.25) is 0 Å². The van der Waals surface area contributed by atoms with Crippen LogP contribution in [0.3, 0.4) is 0 Å². The zero-order chi connectivity index (χ0) is 16.8. The lowest BCUT2D eigenvalue weighted by atomic mass is 10.2. The monoisotopic (exact) mass is 350 g/mol. The van der Waals surface area contributed by atoms with E-state index in [-0.39, 0.29) is 11.0 Å². The van der Waals surface area contributed by atoms with Crippen LogP contribution in [-0.4, -0.2) is 25.2 Å². The summed E-state index contributed by atoms with van der Waals surface area (Å²) in [4.78, 5) is 12.1. The van der Waals surface area contributed by atoms with E-state index in [1.54, 1.807) is 56.7 Å². The summed E-state index contributed by atoms with van der Waals surface area (Å²) in [5.74, 6) is 0.773. The van der Waals surface area contributed by atoms with Crippen LogP contribution in [0, 0.1) is 0 Å². The molecular weight excluding hydrogens is 336 g/mol. The number of carbonyl (C=O) groups excluding carboxylic acids is 1. The van der Waals surface area contributed by atoms with Crippen molar-refractivity contribution in [1.29, 1.82) is 0 Å². The first kappa shape index (κ1) is 17.1. The third-order valence-corrected chi connectivity index (χ3v) is 3.52. The number of anilines is 1. The molecule has 0 bridgehead atoms. The molecule has 5 nitrogen and oxygen atoms in total. The summed E-state index contributed by atoms with van der Waals surface area (Å²) in [6.07, 6.45) is 0. The lowest BCUT2D eigenvalue weighted by Gasteiger charge is -2.13. The molecule has 1 amide bonds. The van der Waals surface area contributed by atoms with Crippen LogP contribution < -0.4 is 20.1 Å². The largest absolute Gasteiger partial charge is 0.493 e. The number of hydrogen-bond donors (Lipinski definition) is 2. The van der Waals surface area contributed by atoms with Crippen LogP contribution in [-0.2, 0) is 0 Å². The van der Waals surface area contributed by atoms with Gasteiger partial charge in [0, 0.05) is 11.8 Å². The molecule has 0 unspecified atom stereocenters. The van der Waals surface area contributed by atoms with Gasteiger partial charge in [-0.25, -0.2) is 0 Å². The normalized spacial score (nSPS) is 9.87. The number of thiocarbonyl (C=S) groups is 1. The topological polar surface area (TPSA) is 59.6 Å². The van der Waals surface area contributed by atoms with Crippen molar-refractivity contribution in [2.75, 3.05) is 19.5 Å². The summed E-state index contributed by atoms with van der Waals surface area (Å²) in [6, 6.07) is 11.9. The molecule has 2 N–H and O–H groups in total. The number of nitrogens with one attached hydrogen (secondary N) is 2. The highest BCUT2D eigenvalue weighted by Crippen LogP contribution is 2.29. The van der Waals surface area contributed by atoms with Gasteiger partial charge < -0.3 is 14.8 Å². The van der Waals surface area contributed by atoms with E-state index < -0.39 is 0 Å². The van der Waals surface area contributed by atoms with E-state index in [1.165, 1.54) is 0 Å². The van der Waals surface area contributed by atoms with Crippen LogP contribution in [0.15, 0.2) is 42.5 Å². The summed E-state index contributed by atoms with van der Waals surface area (Å²) in [7, 11) is 3.10. The summed E-state index contributed by atoms with van der Waals surface area (Å²) in [5, 5.41) is 6.00. The number of hydrogen-bond acceptors (Lipinski definition) is 4. The van der Waals surface area contributed by atoms with Gasteiger partial charge >= 0.3 is 0 Å². The molecule has 2 rings (SSSR count). The van der Waals surface area contributed by atoms with Crippen molar-refractivity contribution in [2.24, 2.45) is 0 Å². The summed E-state index contributed by atoms with van der Waals surface area (Å²) < 4.78 is 10.4. The number of benzene rings is 2. The molecule has 0 aliphatic heterocycles. The Morgan fingerprint density at radius 2 is 1.78 bits per heavy atom. The van der Waals surface area contributed by atoms with Crippen molar-refractivity contribution < 1.29 is 14.3 Å². The Morgan fingerprint density at radius 3 is 2.43 bits per heavy atom. The number of rotatable bonds is 4. The maximum atomic E-state index is 12.1. The third kappa shape index (κ3) is 4.34. The van der Waals surface area contributed by atoms with E-state index >= 15 is 0 Å². The highest BCUT2D eigenvalue weighted by atomic mass is 35.5. The Balaban J connectivity index is 2.05. The van der Waals surface area contributed by atoms with Gasteiger partial charge in [0.25, 0.3) is 5.91 Å². The lowest BCUT2D eigenvalue weighted by molar-refractivity contribution is 0.0978. The lowest BCUT2D eigenvalue weighted by Crippen LogP contribution is -2.34. The molecule has 0 spiro atoms. The first-order valence-electron chi connectivity index (χ1n) is 6.64. The van der Waals surface area contributed by atoms with Crippen molar-refractivity contribution in [2.45, 2.75) is 0 Å². The number of methoxy groups -OCH3 is 2. The predicted octanol–water partition coefficient (Wildman–Crippen LogP) is 3.48. The average molecular weight is 351 g/mol. The second kappa shape index (κ2) is 7.80. The fourth-order valence-electron chi connectivity index (χ4n) is 1.89. The molecule has 0 aliphatic rings. The Bertz CT molecular complexity index is 737. The summed E-state index contributed by atoms with van der Waals surface area (Å²) in [6.45, 7) is 0. The first-order chi connectivity index (χ1) is 11.0. The van der Waals surface area contributed by atoms with Crippen LogP contribution in [0.5, 0.6) is 11.5 Å². The van der Waals surface area contributed by atoms with E-state index in [0.717, 1.165) is 0 Å². The predicted molar refractivity (Wildman–Crippen MR) is 94.7 cm³/mol. The summed E-state index contributed by atoms with van der Waals surface area (Å²) in [5.41, 5.74) is 1.01. The Morgan fingerprint density at radius 1 is 1.09 bits per heavy atom. The first-order valence-corrected chi connectivity index (χ1v) is 7.42.